The number of hydrogen-bond donors (Lipinski definition) is 0. The van der Waals surface area contributed by atoms with Crippen molar-refractivity contribution in [3.8, 4) is 0 Å². The molecular formula is C13H22O3S. The lowest BCUT2D eigenvalue weighted by Crippen LogP contribution is -2.52. The van der Waals surface area contributed by atoms with Gasteiger partial charge in [0.05, 0.1) is 31.5 Å². The number of ether oxygens (including phenoxy) is 3. The molecule has 0 aromatic heterocycles. The maximum Gasteiger partial charge on any atom is 0.120 e. The zero-order valence-electron chi connectivity index (χ0n) is 10.4. The summed E-state index contributed by atoms with van der Waals surface area (Å²) in [6, 6.07) is 0. The Morgan fingerprint density at radius 1 is 1.41 bits per heavy atom. The Hall–Kier alpha value is -0.0300. The van der Waals surface area contributed by atoms with E-state index in [0.29, 0.717) is 12.7 Å². The number of rotatable bonds is 2. The second-order valence-electron chi connectivity index (χ2n) is 5.51. The molecule has 3 saturated heterocycles. The van der Waals surface area contributed by atoms with Crippen LogP contribution in [0.4, 0.5) is 0 Å². The van der Waals surface area contributed by atoms with E-state index in [4.69, 9.17) is 14.2 Å². The molecule has 0 amide bonds. The van der Waals surface area contributed by atoms with Gasteiger partial charge in [0.25, 0.3) is 0 Å². The molecule has 3 fully saturated rings. The van der Waals surface area contributed by atoms with Crippen molar-refractivity contribution in [1.82, 2.24) is 0 Å². The summed E-state index contributed by atoms with van der Waals surface area (Å²) in [5, 5.41) is 0. The van der Waals surface area contributed by atoms with Crippen LogP contribution in [0.3, 0.4) is 0 Å². The lowest BCUT2D eigenvalue weighted by molar-refractivity contribution is -0.182. The third kappa shape index (κ3) is 2.41. The maximum atomic E-state index is 6.27. The molecule has 3 nitrogen and oxygen atoms in total. The zero-order chi connectivity index (χ0) is 11.2. The molecule has 0 aromatic carbocycles. The van der Waals surface area contributed by atoms with Gasteiger partial charge in [-0.2, -0.15) is 13.5 Å². The van der Waals surface area contributed by atoms with Gasteiger partial charge in [0.15, 0.2) is 0 Å². The first kappa shape index (κ1) is 13.4. The molecule has 3 aliphatic rings. The van der Waals surface area contributed by atoms with Gasteiger partial charge in [-0.25, -0.2) is 0 Å². The van der Waals surface area contributed by atoms with Crippen LogP contribution in [-0.2, 0) is 14.2 Å². The fraction of sp³-hybridized carbons (Fsp3) is 0.846. The van der Waals surface area contributed by atoms with Gasteiger partial charge >= 0.3 is 0 Å². The van der Waals surface area contributed by atoms with Crippen molar-refractivity contribution in [1.29, 1.82) is 0 Å². The van der Waals surface area contributed by atoms with Crippen LogP contribution in [0.25, 0.3) is 0 Å². The molecule has 2 unspecified atom stereocenters. The Bertz CT molecular complexity index is 307. The summed E-state index contributed by atoms with van der Waals surface area (Å²) in [7, 11) is 0. The molecule has 3 rings (SSSR count). The van der Waals surface area contributed by atoms with Crippen molar-refractivity contribution >= 4 is 13.5 Å². The fourth-order valence-corrected chi connectivity index (χ4v) is 3.28. The van der Waals surface area contributed by atoms with Gasteiger partial charge in [0.1, 0.15) is 5.60 Å². The van der Waals surface area contributed by atoms with Crippen LogP contribution in [-0.4, -0.2) is 37.1 Å². The van der Waals surface area contributed by atoms with E-state index in [1.54, 1.807) is 0 Å². The minimum atomic E-state index is -0.138. The lowest BCUT2D eigenvalue weighted by atomic mass is 9.85. The SMILES string of the molecule is C=C(C)C[C@H]1CCC2OC3COC[C@@]2(C3)O1.S. The summed E-state index contributed by atoms with van der Waals surface area (Å²) in [6.07, 6.45) is 5.04. The average molecular weight is 258 g/mol. The van der Waals surface area contributed by atoms with Crippen LogP contribution in [0.2, 0.25) is 0 Å². The summed E-state index contributed by atoms with van der Waals surface area (Å²) in [4.78, 5) is 0. The van der Waals surface area contributed by atoms with Crippen molar-refractivity contribution in [3.63, 3.8) is 0 Å². The Morgan fingerprint density at radius 3 is 3.00 bits per heavy atom. The average Bonchev–Trinajstić information content (AvgIpc) is 2.46. The molecule has 17 heavy (non-hydrogen) atoms. The Kier molecular flexibility index (Phi) is 3.88. The topological polar surface area (TPSA) is 27.7 Å². The molecule has 4 atom stereocenters. The van der Waals surface area contributed by atoms with E-state index in [1.807, 2.05) is 0 Å². The molecule has 0 saturated carbocycles. The standard InChI is InChI=1S/C13H20O3.H2S/c1-9(2)5-10-3-4-12-13(16-10)6-11(15-12)7-14-8-13;/h10-12H,1,3-8H2,2H3;1H2/t10-,11?,12?,13-;/m1./s1. The van der Waals surface area contributed by atoms with Gasteiger partial charge in [-0.15, -0.1) is 6.58 Å². The van der Waals surface area contributed by atoms with Gasteiger partial charge in [0.2, 0.25) is 0 Å². The van der Waals surface area contributed by atoms with Crippen LogP contribution in [0.5, 0.6) is 0 Å². The third-order valence-electron chi connectivity index (χ3n) is 3.90. The lowest BCUT2D eigenvalue weighted by Gasteiger charge is -2.42. The first-order valence-electron chi connectivity index (χ1n) is 6.23. The Balaban J connectivity index is 0.00000108. The van der Waals surface area contributed by atoms with Gasteiger partial charge in [-0.3, -0.25) is 0 Å². The van der Waals surface area contributed by atoms with Crippen LogP contribution < -0.4 is 0 Å². The molecular weight excluding hydrogens is 236 g/mol. The monoisotopic (exact) mass is 258 g/mol. The van der Waals surface area contributed by atoms with E-state index >= 15 is 0 Å². The minimum absolute atomic E-state index is 0. The smallest absolute Gasteiger partial charge is 0.120 e. The van der Waals surface area contributed by atoms with Crippen molar-refractivity contribution in [2.24, 2.45) is 0 Å². The van der Waals surface area contributed by atoms with Gasteiger partial charge in [-0.05, 0) is 26.2 Å². The van der Waals surface area contributed by atoms with Crippen molar-refractivity contribution in [2.75, 3.05) is 13.2 Å². The largest absolute Gasteiger partial charge is 0.376 e. The second kappa shape index (κ2) is 4.92. The van der Waals surface area contributed by atoms with E-state index in [2.05, 4.69) is 13.5 Å². The normalized spacial score (nSPS) is 43.7. The van der Waals surface area contributed by atoms with E-state index in [-0.39, 0.29) is 31.3 Å². The van der Waals surface area contributed by atoms with Crippen LogP contribution in [0.15, 0.2) is 12.2 Å². The molecule has 0 aliphatic carbocycles. The van der Waals surface area contributed by atoms with Crippen molar-refractivity contribution in [2.45, 2.75) is 56.5 Å². The zero-order valence-corrected chi connectivity index (χ0v) is 11.4. The first-order valence-corrected chi connectivity index (χ1v) is 6.23. The highest BCUT2D eigenvalue weighted by Crippen LogP contribution is 2.45. The van der Waals surface area contributed by atoms with Crippen LogP contribution in [0, 0.1) is 0 Å². The summed E-state index contributed by atoms with van der Waals surface area (Å²) < 4.78 is 17.8. The van der Waals surface area contributed by atoms with E-state index in [9.17, 15) is 0 Å². The maximum absolute atomic E-state index is 6.27. The number of hydrogen-bond acceptors (Lipinski definition) is 3. The predicted molar refractivity (Wildman–Crippen MR) is 70.7 cm³/mol. The second-order valence-corrected chi connectivity index (χ2v) is 5.51. The molecule has 0 aromatic rings. The summed E-state index contributed by atoms with van der Waals surface area (Å²) >= 11 is 0. The number of fused-ring (bicyclic) bond motifs is 1. The van der Waals surface area contributed by atoms with Gasteiger partial charge in [0, 0.05) is 6.42 Å². The molecule has 2 bridgehead atoms. The highest BCUT2D eigenvalue weighted by molar-refractivity contribution is 7.59. The fourth-order valence-electron chi connectivity index (χ4n) is 3.28. The van der Waals surface area contributed by atoms with Crippen LogP contribution in [0.1, 0.15) is 32.6 Å². The predicted octanol–water partition coefficient (Wildman–Crippen LogP) is 2.17. The molecule has 3 aliphatic heterocycles. The van der Waals surface area contributed by atoms with Crippen LogP contribution >= 0.6 is 13.5 Å². The van der Waals surface area contributed by atoms with Crippen molar-refractivity contribution in [3.05, 3.63) is 12.2 Å². The molecule has 3 heterocycles. The first-order chi connectivity index (χ1) is 7.68. The van der Waals surface area contributed by atoms with E-state index in [0.717, 1.165) is 32.3 Å². The summed E-state index contributed by atoms with van der Waals surface area (Å²) in [5.41, 5.74) is 1.06. The Labute approximate surface area is 110 Å². The summed E-state index contributed by atoms with van der Waals surface area (Å²) in [5.74, 6) is 0. The van der Waals surface area contributed by atoms with E-state index < -0.39 is 0 Å². The molecule has 4 heteroatoms. The highest BCUT2D eigenvalue weighted by atomic mass is 32.1. The molecule has 1 spiro atoms. The molecule has 98 valence electrons. The Morgan fingerprint density at radius 2 is 2.24 bits per heavy atom. The van der Waals surface area contributed by atoms with Gasteiger partial charge < -0.3 is 14.2 Å². The molecule has 0 N–H and O–H groups in total. The van der Waals surface area contributed by atoms with Crippen molar-refractivity contribution < 1.29 is 14.2 Å². The van der Waals surface area contributed by atoms with E-state index in [1.165, 1.54) is 5.57 Å². The van der Waals surface area contributed by atoms with Gasteiger partial charge in [-0.1, -0.05) is 5.57 Å². The third-order valence-corrected chi connectivity index (χ3v) is 3.90. The molecule has 0 radical (unpaired) electrons. The minimum Gasteiger partial charge on any atom is -0.376 e. The summed E-state index contributed by atoms with van der Waals surface area (Å²) in [6.45, 7) is 7.49. The quantitative estimate of drug-likeness (QED) is 0.711. The highest BCUT2D eigenvalue weighted by Gasteiger charge is 2.55.